The van der Waals surface area contributed by atoms with Crippen molar-refractivity contribution in [2.75, 3.05) is 26.2 Å². The summed E-state index contributed by atoms with van der Waals surface area (Å²) in [5.41, 5.74) is 2.44. The quantitative estimate of drug-likeness (QED) is 0.628. The maximum atomic E-state index is 5.10. The predicted molar refractivity (Wildman–Crippen MR) is 120 cm³/mol. The van der Waals surface area contributed by atoms with E-state index < -0.39 is 0 Å². The van der Waals surface area contributed by atoms with E-state index >= 15 is 0 Å². The van der Waals surface area contributed by atoms with Crippen LogP contribution in [0.25, 0.3) is 22.2 Å². The Balaban J connectivity index is 1.33. The van der Waals surface area contributed by atoms with Gasteiger partial charge in [0.25, 0.3) is 0 Å². The molecule has 1 saturated heterocycles. The highest BCUT2D eigenvalue weighted by molar-refractivity contribution is 5.95. The lowest BCUT2D eigenvalue weighted by Gasteiger charge is -2.37. The molecule has 0 atom stereocenters. The van der Waals surface area contributed by atoms with E-state index in [9.17, 15) is 0 Å². The van der Waals surface area contributed by atoms with Crippen LogP contribution in [-0.2, 0) is 13.1 Å². The van der Waals surface area contributed by atoms with Crippen molar-refractivity contribution in [3.63, 3.8) is 0 Å². The zero-order valence-corrected chi connectivity index (χ0v) is 17.6. The predicted octanol–water partition coefficient (Wildman–Crippen LogP) is 4.78. The molecule has 152 valence electrons. The highest BCUT2D eigenvalue weighted by atomic mass is 15.3. The van der Waals surface area contributed by atoms with Gasteiger partial charge in [-0.1, -0.05) is 55.3 Å². The summed E-state index contributed by atoms with van der Waals surface area (Å²) in [5.74, 6) is 1.10. The molecule has 2 aromatic carbocycles. The molecule has 4 heteroatoms. The molecule has 4 nitrogen and oxygen atoms in total. The van der Waals surface area contributed by atoms with Gasteiger partial charge in [-0.15, -0.1) is 0 Å². The van der Waals surface area contributed by atoms with Crippen molar-refractivity contribution >= 4 is 10.8 Å². The molecular formula is C25H32N4. The van der Waals surface area contributed by atoms with Crippen molar-refractivity contribution in [2.24, 2.45) is 0 Å². The van der Waals surface area contributed by atoms with Gasteiger partial charge in [-0.2, -0.15) is 0 Å². The monoisotopic (exact) mass is 388 g/mol. The Labute approximate surface area is 174 Å². The minimum absolute atomic E-state index is 0.856. The Bertz CT molecular complexity index is 957. The number of hydrogen-bond acceptors (Lipinski definition) is 3. The molecule has 2 fully saturated rings. The highest BCUT2D eigenvalue weighted by Crippen LogP contribution is 2.29. The maximum absolute atomic E-state index is 5.10. The van der Waals surface area contributed by atoms with Crippen LogP contribution in [0.3, 0.4) is 0 Å². The van der Waals surface area contributed by atoms with Crippen LogP contribution in [0.2, 0.25) is 0 Å². The normalized spacial score (nSPS) is 19.3. The summed E-state index contributed by atoms with van der Waals surface area (Å²) in [4.78, 5) is 10.4. The molecule has 0 radical (unpaired) electrons. The summed E-state index contributed by atoms with van der Waals surface area (Å²) in [6.45, 7) is 8.88. The van der Waals surface area contributed by atoms with E-state index in [1.54, 1.807) is 0 Å². The van der Waals surface area contributed by atoms with E-state index in [2.05, 4.69) is 70.0 Å². The minimum Gasteiger partial charge on any atom is -0.331 e. The van der Waals surface area contributed by atoms with Crippen LogP contribution in [0.15, 0.2) is 48.7 Å². The SMILES string of the molecule is CCn1cc(CN2CCN(C3CCCC3)CC2)nc1-c1cccc2ccccc12. The van der Waals surface area contributed by atoms with Crippen LogP contribution in [0.1, 0.15) is 38.3 Å². The average molecular weight is 389 g/mol. The molecule has 2 heterocycles. The zero-order chi connectivity index (χ0) is 19.6. The summed E-state index contributed by atoms with van der Waals surface area (Å²) in [6.07, 6.45) is 7.94. The van der Waals surface area contributed by atoms with Gasteiger partial charge in [0, 0.05) is 57.1 Å². The number of aryl methyl sites for hydroxylation is 1. The summed E-state index contributed by atoms with van der Waals surface area (Å²) in [5, 5.41) is 2.56. The number of benzene rings is 2. The molecule has 0 bridgehead atoms. The Morgan fingerprint density at radius 1 is 0.931 bits per heavy atom. The molecule has 1 aliphatic carbocycles. The molecule has 2 aliphatic rings. The first kappa shape index (κ1) is 18.8. The molecule has 29 heavy (non-hydrogen) atoms. The van der Waals surface area contributed by atoms with Crippen molar-refractivity contribution in [1.29, 1.82) is 0 Å². The largest absolute Gasteiger partial charge is 0.331 e. The van der Waals surface area contributed by atoms with Crippen molar-refractivity contribution in [3.05, 3.63) is 54.4 Å². The highest BCUT2D eigenvalue weighted by Gasteiger charge is 2.26. The number of imidazole rings is 1. The first-order valence-electron chi connectivity index (χ1n) is 11.3. The fourth-order valence-corrected chi connectivity index (χ4v) is 5.21. The number of aromatic nitrogens is 2. The van der Waals surface area contributed by atoms with Crippen LogP contribution in [0.4, 0.5) is 0 Å². The standard InChI is InChI=1S/C25H32N4/c1-2-28-19-21(18-27-14-16-29(17-15-27)22-10-4-5-11-22)26-25(28)24-13-7-9-20-8-3-6-12-23(20)24/h3,6-9,12-13,19,22H,2,4-5,10-11,14-18H2,1H3. The van der Waals surface area contributed by atoms with Crippen molar-refractivity contribution in [1.82, 2.24) is 19.4 Å². The van der Waals surface area contributed by atoms with Crippen molar-refractivity contribution < 1.29 is 0 Å². The molecule has 1 saturated carbocycles. The van der Waals surface area contributed by atoms with E-state index in [1.807, 2.05) is 0 Å². The van der Waals surface area contributed by atoms with Gasteiger partial charge in [0.15, 0.2) is 0 Å². The summed E-state index contributed by atoms with van der Waals surface area (Å²) in [6, 6.07) is 16.0. The fraction of sp³-hybridized carbons (Fsp3) is 0.480. The molecular weight excluding hydrogens is 356 g/mol. The lowest BCUT2D eigenvalue weighted by atomic mass is 10.0. The Kier molecular flexibility index (Phi) is 5.38. The first-order chi connectivity index (χ1) is 14.3. The molecule has 5 rings (SSSR count). The second kappa shape index (κ2) is 8.29. The van der Waals surface area contributed by atoms with Gasteiger partial charge in [-0.25, -0.2) is 4.98 Å². The van der Waals surface area contributed by atoms with Gasteiger partial charge in [-0.05, 0) is 30.5 Å². The van der Waals surface area contributed by atoms with Crippen LogP contribution >= 0.6 is 0 Å². The molecule has 3 aromatic rings. The van der Waals surface area contributed by atoms with E-state index in [0.29, 0.717) is 0 Å². The number of piperazine rings is 1. The Morgan fingerprint density at radius 2 is 1.69 bits per heavy atom. The first-order valence-corrected chi connectivity index (χ1v) is 11.3. The molecule has 1 aromatic heterocycles. The van der Waals surface area contributed by atoms with Gasteiger partial charge < -0.3 is 4.57 Å². The van der Waals surface area contributed by atoms with E-state index in [-0.39, 0.29) is 0 Å². The van der Waals surface area contributed by atoms with Gasteiger partial charge in [-0.3, -0.25) is 9.80 Å². The number of rotatable bonds is 5. The topological polar surface area (TPSA) is 24.3 Å². The molecule has 1 aliphatic heterocycles. The van der Waals surface area contributed by atoms with E-state index in [0.717, 1.165) is 25.0 Å². The molecule has 0 N–H and O–H groups in total. The smallest absolute Gasteiger partial charge is 0.140 e. The average Bonchev–Trinajstić information content (AvgIpc) is 3.44. The minimum atomic E-state index is 0.856. The van der Waals surface area contributed by atoms with Gasteiger partial charge in [0.2, 0.25) is 0 Å². The number of hydrogen-bond donors (Lipinski definition) is 0. The third kappa shape index (κ3) is 3.84. The third-order valence-corrected chi connectivity index (χ3v) is 6.83. The molecule has 0 spiro atoms. The third-order valence-electron chi connectivity index (χ3n) is 6.83. The lowest BCUT2D eigenvalue weighted by molar-refractivity contribution is 0.0930. The Hall–Kier alpha value is -2.17. The summed E-state index contributed by atoms with van der Waals surface area (Å²) >= 11 is 0. The molecule has 0 unspecified atom stereocenters. The number of nitrogens with zero attached hydrogens (tertiary/aromatic N) is 4. The summed E-state index contributed by atoms with van der Waals surface area (Å²) in [7, 11) is 0. The van der Waals surface area contributed by atoms with Crippen LogP contribution in [0, 0.1) is 0 Å². The van der Waals surface area contributed by atoms with Gasteiger partial charge >= 0.3 is 0 Å². The fourth-order valence-electron chi connectivity index (χ4n) is 5.21. The van der Waals surface area contributed by atoms with Crippen LogP contribution in [0.5, 0.6) is 0 Å². The van der Waals surface area contributed by atoms with Crippen LogP contribution in [-0.4, -0.2) is 51.6 Å². The van der Waals surface area contributed by atoms with Gasteiger partial charge in [0.1, 0.15) is 5.82 Å². The maximum Gasteiger partial charge on any atom is 0.140 e. The summed E-state index contributed by atoms with van der Waals surface area (Å²) < 4.78 is 2.31. The van der Waals surface area contributed by atoms with E-state index in [4.69, 9.17) is 4.98 Å². The Morgan fingerprint density at radius 3 is 2.48 bits per heavy atom. The second-order valence-corrected chi connectivity index (χ2v) is 8.62. The molecule has 0 amide bonds. The van der Waals surface area contributed by atoms with Crippen LogP contribution < -0.4 is 0 Å². The second-order valence-electron chi connectivity index (χ2n) is 8.62. The number of fused-ring (bicyclic) bond motifs is 1. The zero-order valence-electron chi connectivity index (χ0n) is 17.6. The van der Waals surface area contributed by atoms with Crippen molar-refractivity contribution in [3.8, 4) is 11.4 Å². The van der Waals surface area contributed by atoms with E-state index in [1.165, 1.54) is 73.9 Å². The lowest BCUT2D eigenvalue weighted by Crippen LogP contribution is -2.49. The van der Waals surface area contributed by atoms with Crippen molar-refractivity contribution in [2.45, 2.75) is 51.7 Å². The van der Waals surface area contributed by atoms with Gasteiger partial charge in [0.05, 0.1) is 5.69 Å².